The highest BCUT2D eigenvalue weighted by molar-refractivity contribution is 6.34. The molecule has 0 unspecified atom stereocenters. The van der Waals surface area contributed by atoms with Crippen LogP contribution in [-0.2, 0) is 9.59 Å². The molecule has 1 fully saturated rings. The SMILES string of the molecule is Cc1cc(C)c(NC(=O)C[NH+]2CCC(C(N)=O)CC2)c(Cl)c1. The topological polar surface area (TPSA) is 76.6 Å². The van der Waals surface area contributed by atoms with E-state index in [4.69, 9.17) is 17.3 Å². The van der Waals surface area contributed by atoms with Crippen LogP contribution in [0.3, 0.4) is 0 Å². The van der Waals surface area contributed by atoms with Crippen molar-refractivity contribution in [3.8, 4) is 0 Å². The van der Waals surface area contributed by atoms with E-state index < -0.39 is 0 Å². The van der Waals surface area contributed by atoms with E-state index in [-0.39, 0.29) is 17.7 Å². The number of benzene rings is 1. The van der Waals surface area contributed by atoms with Crippen molar-refractivity contribution >= 4 is 29.1 Å². The van der Waals surface area contributed by atoms with Gasteiger partial charge in [-0.3, -0.25) is 9.59 Å². The van der Waals surface area contributed by atoms with Crippen molar-refractivity contribution in [3.63, 3.8) is 0 Å². The maximum atomic E-state index is 12.2. The van der Waals surface area contributed by atoms with Gasteiger partial charge in [0.1, 0.15) is 0 Å². The first-order valence-corrected chi connectivity index (χ1v) is 7.94. The molecule has 0 atom stereocenters. The molecule has 0 bridgehead atoms. The van der Waals surface area contributed by atoms with Gasteiger partial charge >= 0.3 is 0 Å². The number of primary amides is 1. The first kappa shape index (κ1) is 16.8. The second kappa shape index (κ2) is 7.11. The third-order valence-corrected chi connectivity index (χ3v) is 4.50. The normalized spacial score (nSPS) is 21.4. The molecule has 22 heavy (non-hydrogen) atoms. The van der Waals surface area contributed by atoms with E-state index in [9.17, 15) is 9.59 Å². The number of quaternary nitrogens is 1. The highest BCUT2D eigenvalue weighted by Gasteiger charge is 2.27. The summed E-state index contributed by atoms with van der Waals surface area (Å²) in [6.07, 6.45) is 1.50. The average molecular weight is 325 g/mol. The molecule has 1 heterocycles. The Balaban J connectivity index is 1.90. The molecule has 120 valence electrons. The Labute approximate surface area is 135 Å². The molecular formula is C16H23ClN3O2+. The Kier molecular flexibility index (Phi) is 5.42. The Hall–Kier alpha value is -1.59. The largest absolute Gasteiger partial charge is 0.369 e. The van der Waals surface area contributed by atoms with Crippen LogP contribution in [0.2, 0.25) is 5.02 Å². The zero-order valence-electron chi connectivity index (χ0n) is 13.0. The number of hydrogen-bond donors (Lipinski definition) is 3. The van der Waals surface area contributed by atoms with Crippen molar-refractivity contribution in [2.45, 2.75) is 26.7 Å². The van der Waals surface area contributed by atoms with E-state index >= 15 is 0 Å². The zero-order valence-corrected chi connectivity index (χ0v) is 13.8. The van der Waals surface area contributed by atoms with Gasteiger partial charge in [-0.05, 0) is 31.0 Å². The predicted octanol–water partition coefficient (Wildman–Crippen LogP) is 0.676. The lowest BCUT2D eigenvalue weighted by atomic mass is 9.96. The summed E-state index contributed by atoms with van der Waals surface area (Å²) in [6.45, 7) is 5.87. The lowest BCUT2D eigenvalue weighted by Gasteiger charge is -2.27. The molecule has 4 N–H and O–H groups in total. The van der Waals surface area contributed by atoms with Gasteiger partial charge in [0.15, 0.2) is 6.54 Å². The molecule has 2 amide bonds. The van der Waals surface area contributed by atoms with Crippen molar-refractivity contribution in [1.29, 1.82) is 0 Å². The minimum Gasteiger partial charge on any atom is -0.369 e. The monoisotopic (exact) mass is 324 g/mol. The first-order valence-electron chi connectivity index (χ1n) is 7.56. The van der Waals surface area contributed by atoms with E-state index in [0.29, 0.717) is 17.3 Å². The fraction of sp³-hybridized carbons (Fsp3) is 0.500. The highest BCUT2D eigenvalue weighted by atomic mass is 35.5. The van der Waals surface area contributed by atoms with Crippen molar-refractivity contribution in [3.05, 3.63) is 28.3 Å². The highest BCUT2D eigenvalue weighted by Crippen LogP contribution is 2.27. The van der Waals surface area contributed by atoms with Gasteiger partial charge in [0.05, 0.1) is 23.8 Å². The van der Waals surface area contributed by atoms with Crippen LogP contribution in [-0.4, -0.2) is 31.4 Å². The number of carbonyl (C=O) groups is 2. The van der Waals surface area contributed by atoms with Gasteiger partial charge in [-0.2, -0.15) is 0 Å². The lowest BCUT2D eigenvalue weighted by molar-refractivity contribution is -0.897. The molecule has 0 spiro atoms. The number of likely N-dealkylation sites (tertiary alicyclic amines) is 1. The average Bonchev–Trinajstić information content (AvgIpc) is 2.43. The van der Waals surface area contributed by atoms with Crippen molar-refractivity contribution in [2.75, 3.05) is 25.0 Å². The molecule has 1 aromatic carbocycles. The van der Waals surface area contributed by atoms with Crippen LogP contribution in [0.1, 0.15) is 24.0 Å². The van der Waals surface area contributed by atoms with Crippen molar-refractivity contribution in [2.24, 2.45) is 11.7 Å². The number of rotatable bonds is 4. The van der Waals surface area contributed by atoms with Gasteiger partial charge in [-0.1, -0.05) is 17.7 Å². The molecule has 1 aliphatic heterocycles. The Morgan fingerprint density at radius 3 is 2.50 bits per heavy atom. The number of carbonyl (C=O) groups excluding carboxylic acids is 2. The number of anilines is 1. The Morgan fingerprint density at radius 2 is 1.95 bits per heavy atom. The maximum Gasteiger partial charge on any atom is 0.279 e. The summed E-state index contributed by atoms with van der Waals surface area (Å²) in [4.78, 5) is 24.5. The maximum absolute atomic E-state index is 12.2. The molecule has 0 aliphatic carbocycles. The van der Waals surface area contributed by atoms with Crippen LogP contribution in [0.5, 0.6) is 0 Å². The molecule has 0 saturated carbocycles. The molecule has 5 nitrogen and oxygen atoms in total. The van der Waals surface area contributed by atoms with Gasteiger partial charge in [-0.25, -0.2) is 0 Å². The molecule has 2 rings (SSSR count). The third-order valence-electron chi connectivity index (χ3n) is 4.20. The zero-order chi connectivity index (χ0) is 16.3. The summed E-state index contributed by atoms with van der Waals surface area (Å²) in [6, 6.07) is 3.84. The summed E-state index contributed by atoms with van der Waals surface area (Å²) < 4.78 is 0. The minimum absolute atomic E-state index is 0.0411. The van der Waals surface area contributed by atoms with E-state index in [1.54, 1.807) is 0 Å². The smallest absolute Gasteiger partial charge is 0.279 e. The van der Waals surface area contributed by atoms with Crippen LogP contribution in [0.4, 0.5) is 5.69 Å². The second-order valence-electron chi connectivity index (χ2n) is 6.09. The van der Waals surface area contributed by atoms with Gasteiger partial charge in [0, 0.05) is 18.8 Å². The van der Waals surface area contributed by atoms with Gasteiger partial charge in [-0.15, -0.1) is 0 Å². The number of hydrogen-bond acceptors (Lipinski definition) is 2. The molecule has 0 radical (unpaired) electrons. The molecule has 0 aromatic heterocycles. The molecular weight excluding hydrogens is 302 g/mol. The quantitative estimate of drug-likeness (QED) is 0.761. The summed E-state index contributed by atoms with van der Waals surface area (Å²) >= 11 is 6.20. The fourth-order valence-electron chi connectivity index (χ4n) is 2.97. The number of nitrogens with two attached hydrogens (primary N) is 1. The molecule has 1 saturated heterocycles. The van der Waals surface area contributed by atoms with E-state index in [2.05, 4.69) is 5.32 Å². The van der Waals surface area contributed by atoms with Crippen LogP contribution in [0.25, 0.3) is 0 Å². The number of halogens is 1. The van der Waals surface area contributed by atoms with Gasteiger partial charge < -0.3 is 16.0 Å². The van der Waals surface area contributed by atoms with Crippen LogP contribution < -0.4 is 16.0 Å². The Morgan fingerprint density at radius 1 is 1.32 bits per heavy atom. The molecule has 1 aromatic rings. The summed E-state index contributed by atoms with van der Waals surface area (Å²) in [7, 11) is 0. The molecule has 1 aliphatic rings. The minimum atomic E-state index is -0.231. The fourth-order valence-corrected chi connectivity index (χ4v) is 3.34. The van der Waals surface area contributed by atoms with Crippen LogP contribution in [0.15, 0.2) is 12.1 Å². The van der Waals surface area contributed by atoms with E-state index in [1.165, 1.54) is 4.90 Å². The van der Waals surface area contributed by atoms with E-state index in [1.807, 2.05) is 26.0 Å². The Bertz CT molecular complexity index is 558. The van der Waals surface area contributed by atoms with Crippen LogP contribution in [0, 0.1) is 19.8 Å². The summed E-state index contributed by atoms with van der Waals surface area (Å²) in [5.41, 5.74) is 8.03. The predicted molar refractivity (Wildman–Crippen MR) is 87.0 cm³/mol. The summed E-state index contributed by atoms with van der Waals surface area (Å²) in [5, 5.41) is 3.47. The van der Waals surface area contributed by atoms with Crippen LogP contribution >= 0.6 is 11.6 Å². The lowest BCUT2D eigenvalue weighted by Crippen LogP contribution is -3.14. The van der Waals surface area contributed by atoms with Gasteiger partial charge in [0.2, 0.25) is 5.91 Å². The standard InChI is InChI=1S/C16H22ClN3O2/c1-10-7-11(2)15(13(17)8-10)19-14(21)9-20-5-3-12(4-6-20)16(18)22/h7-8,12H,3-6,9H2,1-2H3,(H2,18,22)(H,19,21)/p+1. The van der Waals surface area contributed by atoms with Crippen molar-refractivity contribution in [1.82, 2.24) is 0 Å². The third kappa shape index (κ3) is 4.21. The molecule has 6 heteroatoms. The summed E-state index contributed by atoms with van der Waals surface area (Å²) in [5.74, 6) is -0.326. The van der Waals surface area contributed by atoms with E-state index in [0.717, 1.165) is 37.1 Å². The van der Waals surface area contributed by atoms with Crippen molar-refractivity contribution < 1.29 is 14.5 Å². The first-order chi connectivity index (χ1) is 10.4. The van der Waals surface area contributed by atoms with Gasteiger partial charge in [0.25, 0.3) is 5.91 Å². The number of aryl methyl sites for hydroxylation is 2. The number of piperidine rings is 1. The number of nitrogens with one attached hydrogen (secondary N) is 2. The number of amides is 2. The second-order valence-corrected chi connectivity index (χ2v) is 6.50.